The molecule has 4 nitrogen and oxygen atoms in total. The molecule has 1 aliphatic carbocycles. The van der Waals surface area contributed by atoms with Gasteiger partial charge in [-0.3, -0.25) is 4.79 Å². The zero-order valence-electron chi connectivity index (χ0n) is 20.2. The average molecular weight is 495 g/mol. The molecule has 2 heterocycles. The summed E-state index contributed by atoms with van der Waals surface area (Å²) in [5.41, 5.74) is 1.81. The number of nitrogens with zero attached hydrogens (tertiary/aromatic N) is 2. The Labute approximate surface area is 208 Å². The molecule has 0 atom stereocenters. The van der Waals surface area contributed by atoms with Crippen LogP contribution in [0.1, 0.15) is 52.9 Å². The Morgan fingerprint density at radius 3 is 2.50 bits per heavy atom. The summed E-state index contributed by atoms with van der Waals surface area (Å²) < 4.78 is 41.7. The quantitative estimate of drug-likeness (QED) is 0.458. The molecule has 1 amide bonds. The first kappa shape index (κ1) is 24.4. The number of rotatable bonds is 4. The fourth-order valence-electron chi connectivity index (χ4n) is 5.38. The van der Waals surface area contributed by atoms with Gasteiger partial charge in [0.25, 0.3) is 5.91 Å². The van der Waals surface area contributed by atoms with Crippen molar-refractivity contribution in [2.45, 2.75) is 50.9 Å². The van der Waals surface area contributed by atoms with E-state index in [0.717, 1.165) is 41.6 Å². The molecule has 3 aromatic rings. The fraction of sp³-hybridized carbons (Fsp3) is 0.345. The zero-order chi connectivity index (χ0) is 25.5. The van der Waals surface area contributed by atoms with Crippen molar-refractivity contribution >= 4 is 16.8 Å². The van der Waals surface area contributed by atoms with Crippen LogP contribution in [0.4, 0.5) is 13.2 Å². The molecule has 36 heavy (non-hydrogen) atoms. The van der Waals surface area contributed by atoms with Crippen LogP contribution in [-0.4, -0.2) is 33.6 Å². The van der Waals surface area contributed by atoms with Gasteiger partial charge >= 0.3 is 6.18 Å². The highest BCUT2D eigenvalue weighted by atomic mass is 19.4. The summed E-state index contributed by atoms with van der Waals surface area (Å²) in [5.74, 6) is -0.110. The Hall–Kier alpha value is -3.32. The number of amides is 1. The summed E-state index contributed by atoms with van der Waals surface area (Å²) in [4.78, 5) is 15.4. The zero-order valence-corrected chi connectivity index (χ0v) is 20.2. The predicted octanol–water partition coefficient (Wildman–Crippen LogP) is 6.37. The van der Waals surface area contributed by atoms with Crippen LogP contribution in [0.15, 0.2) is 72.3 Å². The van der Waals surface area contributed by atoms with Gasteiger partial charge in [0, 0.05) is 36.2 Å². The van der Waals surface area contributed by atoms with Crippen molar-refractivity contribution in [2.24, 2.45) is 0 Å². The molecule has 0 bridgehead atoms. The number of piperidine rings is 1. The summed E-state index contributed by atoms with van der Waals surface area (Å²) in [6.07, 6.45) is 4.47. The van der Waals surface area contributed by atoms with Crippen molar-refractivity contribution in [3.05, 3.63) is 94.7 Å². The van der Waals surface area contributed by atoms with Crippen LogP contribution in [0, 0.1) is 6.92 Å². The Bertz CT molecular complexity index is 1360. The van der Waals surface area contributed by atoms with Gasteiger partial charge in [0.1, 0.15) is 0 Å². The van der Waals surface area contributed by atoms with E-state index in [1.54, 1.807) is 4.90 Å². The monoisotopic (exact) mass is 494 g/mol. The normalized spacial score (nSPS) is 17.9. The maximum absolute atomic E-state index is 13.7. The third kappa shape index (κ3) is 4.48. The number of para-hydroxylation sites is 1. The second kappa shape index (κ2) is 9.28. The van der Waals surface area contributed by atoms with Crippen LogP contribution in [0.25, 0.3) is 10.9 Å². The lowest BCUT2D eigenvalue weighted by Gasteiger charge is -2.38. The molecule has 0 spiro atoms. The molecule has 0 radical (unpaired) electrons. The lowest BCUT2D eigenvalue weighted by atomic mass is 9.83. The number of carbonyl (C=O) groups is 1. The SMILES string of the molecule is Cc1c(C(=O)N2CCC(O)(c3cccc(C(F)(F)F)c3)CC2)c2ccccc2n1CC1=CCCC=C1. The first-order valence-electron chi connectivity index (χ1n) is 12.3. The third-order valence-electron chi connectivity index (χ3n) is 7.46. The molecule has 7 heteroatoms. The molecule has 2 aliphatic rings. The summed E-state index contributed by atoms with van der Waals surface area (Å²) in [5, 5.41) is 12.1. The van der Waals surface area contributed by atoms with Gasteiger partial charge in [-0.2, -0.15) is 13.2 Å². The van der Waals surface area contributed by atoms with Crippen LogP contribution in [0.2, 0.25) is 0 Å². The molecule has 1 saturated heterocycles. The van der Waals surface area contributed by atoms with Gasteiger partial charge in [-0.1, -0.05) is 48.6 Å². The molecule has 1 aliphatic heterocycles. The minimum atomic E-state index is -4.47. The molecule has 1 N–H and O–H groups in total. The van der Waals surface area contributed by atoms with Crippen molar-refractivity contribution in [3.63, 3.8) is 0 Å². The average Bonchev–Trinajstić information content (AvgIpc) is 3.15. The Morgan fingerprint density at radius 2 is 1.81 bits per heavy atom. The van der Waals surface area contributed by atoms with E-state index in [-0.39, 0.29) is 37.4 Å². The van der Waals surface area contributed by atoms with Gasteiger partial charge in [-0.25, -0.2) is 0 Å². The highest BCUT2D eigenvalue weighted by molar-refractivity contribution is 6.08. The van der Waals surface area contributed by atoms with Crippen molar-refractivity contribution in [2.75, 3.05) is 13.1 Å². The lowest BCUT2D eigenvalue weighted by Crippen LogP contribution is -2.45. The van der Waals surface area contributed by atoms with Crippen LogP contribution in [-0.2, 0) is 18.3 Å². The Balaban J connectivity index is 1.39. The number of halogens is 3. The molecular weight excluding hydrogens is 465 g/mol. The molecule has 5 rings (SSSR count). The van der Waals surface area contributed by atoms with Gasteiger partial charge in [0.15, 0.2) is 0 Å². The molecule has 0 unspecified atom stereocenters. The summed E-state index contributed by atoms with van der Waals surface area (Å²) >= 11 is 0. The Morgan fingerprint density at radius 1 is 1.06 bits per heavy atom. The molecular formula is C29H29F3N2O2. The number of benzene rings is 2. The third-order valence-corrected chi connectivity index (χ3v) is 7.46. The number of likely N-dealkylation sites (tertiary alicyclic amines) is 1. The van der Waals surface area contributed by atoms with E-state index in [4.69, 9.17) is 0 Å². The molecule has 1 aromatic heterocycles. The minimum absolute atomic E-state index is 0.110. The van der Waals surface area contributed by atoms with Crippen molar-refractivity contribution in [1.29, 1.82) is 0 Å². The summed E-state index contributed by atoms with van der Waals surface area (Å²) in [6.45, 7) is 3.17. The predicted molar refractivity (Wildman–Crippen MR) is 134 cm³/mol. The molecule has 188 valence electrons. The summed E-state index contributed by atoms with van der Waals surface area (Å²) in [7, 11) is 0. The second-order valence-corrected chi connectivity index (χ2v) is 9.72. The van der Waals surface area contributed by atoms with Gasteiger partial charge in [-0.15, -0.1) is 0 Å². The van der Waals surface area contributed by atoms with E-state index in [1.807, 2.05) is 31.2 Å². The first-order chi connectivity index (χ1) is 17.2. The highest BCUT2D eigenvalue weighted by Gasteiger charge is 2.38. The number of carbonyl (C=O) groups excluding carboxylic acids is 1. The number of aromatic nitrogens is 1. The van der Waals surface area contributed by atoms with Crippen molar-refractivity contribution in [1.82, 2.24) is 9.47 Å². The number of allylic oxidation sites excluding steroid dienone is 4. The maximum atomic E-state index is 13.7. The standard InChI is InChI=1S/C29H29F3N2O2/c1-20-26(24-12-5-6-13-25(24)34(20)19-21-8-3-2-4-9-21)27(35)33-16-14-28(36,15-17-33)22-10-7-11-23(18-22)29(30,31)32/h3,5-13,18,36H,2,4,14-17,19H2,1H3. The van der Waals surface area contributed by atoms with Gasteiger partial charge in [-0.05, 0) is 61.9 Å². The topological polar surface area (TPSA) is 45.5 Å². The number of hydrogen-bond acceptors (Lipinski definition) is 2. The van der Waals surface area contributed by atoms with Crippen molar-refractivity contribution in [3.8, 4) is 0 Å². The first-order valence-corrected chi connectivity index (χ1v) is 12.3. The number of fused-ring (bicyclic) bond motifs is 1. The minimum Gasteiger partial charge on any atom is -0.385 e. The number of aliphatic hydroxyl groups is 1. The van der Waals surface area contributed by atoms with Crippen LogP contribution in [0.3, 0.4) is 0 Å². The molecule has 1 fully saturated rings. The second-order valence-electron chi connectivity index (χ2n) is 9.72. The van der Waals surface area contributed by atoms with E-state index >= 15 is 0 Å². The van der Waals surface area contributed by atoms with E-state index in [9.17, 15) is 23.1 Å². The molecule has 0 saturated carbocycles. The highest BCUT2D eigenvalue weighted by Crippen LogP contribution is 2.38. The summed E-state index contributed by atoms with van der Waals surface area (Å²) in [6, 6.07) is 12.7. The van der Waals surface area contributed by atoms with E-state index in [2.05, 4.69) is 22.8 Å². The number of hydrogen-bond donors (Lipinski definition) is 1. The van der Waals surface area contributed by atoms with Gasteiger partial charge in [0.2, 0.25) is 0 Å². The van der Waals surface area contributed by atoms with Crippen LogP contribution >= 0.6 is 0 Å². The van der Waals surface area contributed by atoms with E-state index in [0.29, 0.717) is 12.1 Å². The van der Waals surface area contributed by atoms with Crippen LogP contribution < -0.4 is 0 Å². The smallest absolute Gasteiger partial charge is 0.385 e. The molecule has 2 aromatic carbocycles. The van der Waals surface area contributed by atoms with Crippen LogP contribution in [0.5, 0.6) is 0 Å². The van der Waals surface area contributed by atoms with E-state index in [1.165, 1.54) is 17.7 Å². The van der Waals surface area contributed by atoms with Gasteiger partial charge < -0.3 is 14.6 Å². The fourth-order valence-corrected chi connectivity index (χ4v) is 5.38. The Kier molecular flexibility index (Phi) is 6.29. The largest absolute Gasteiger partial charge is 0.416 e. The van der Waals surface area contributed by atoms with Gasteiger partial charge in [0.05, 0.1) is 16.7 Å². The number of alkyl halides is 3. The lowest BCUT2D eigenvalue weighted by molar-refractivity contribution is -0.137. The van der Waals surface area contributed by atoms with Crippen molar-refractivity contribution < 1.29 is 23.1 Å². The maximum Gasteiger partial charge on any atom is 0.416 e. The van der Waals surface area contributed by atoms with E-state index < -0.39 is 17.3 Å².